The minimum Gasteiger partial charge on any atom is -0.308 e. The van der Waals surface area contributed by atoms with E-state index in [2.05, 4.69) is 42.6 Å². The Morgan fingerprint density at radius 1 is 1.14 bits per heavy atom. The fraction of sp³-hybridized carbons (Fsp3) is 0.500. The van der Waals surface area contributed by atoms with E-state index < -0.39 is 0 Å². The predicted molar refractivity (Wildman–Crippen MR) is 64.7 cm³/mol. The monoisotopic (exact) mass is 209 g/mol. The zero-order valence-corrected chi connectivity index (χ0v) is 9.65. The van der Waals surface area contributed by atoms with Crippen LogP contribution in [0.25, 0.3) is 0 Å². The van der Waals surface area contributed by atoms with Crippen LogP contribution in [0.15, 0.2) is 35.2 Å². The van der Waals surface area contributed by atoms with Crippen molar-refractivity contribution >= 4 is 11.8 Å². The highest BCUT2D eigenvalue weighted by Crippen LogP contribution is 2.14. The smallest absolute Gasteiger partial charge is 0.0465 e. The van der Waals surface area contributed by atoms with Crippen molar-refractivity contribution in [2.24, 2.45) is 0 Å². The van der Waals surface area contributed by atoms with Crippen molar-refractivity contribution in [3.8, 4) is 0 Å². The van der Waals surface area contributed by atoms with Crippen LogP contribution in [0.1, 0.15) is 26.2 Å². The largest absolute Gasteiger partial charge is 0.308 e. The van der Waals surface area contributed by atoms with E-state index in [-0.39, 0.29) is 0 Å². The number of nitrogens with one attached hydrogen (secondary N) is 1. The van der Waals surface area contributed by atoms with E-state index in [1.54, 1.807) is 0 Å². The first-order valence-electron chi connectivity index (χ1n) is 5.32. The molecule has 0 radical (unpaired) electrons. The summed E-state index contributed by atoms with van der Waals surface area (Å²) in [6.45, 7) is 3.38. The number of unbranched alkanes of at least 4 members (excludes halogenated alkanes) is 2. The maximum Gasteiger partial charge on any atom is 0.0465 e. The van der Waals surface area contributed by atoms with E-state index in [0.29, 0.717) is 0 Å². The molecule has 0 unspecified atom stereocenters. The number of hydrogen-bond acceptors (Lipinski definition) is 2. The molecule has 1 aromatic carbocycles. The van der Waals surface area contributed by atoms with Crippen LogP contribution in [0.3, 0.4) is 0 Å². The van der Waals surface area contributed by atoms with Gasteiger partial charge in [0.15, 0.2) is 0 Å². The first-order chi connectivity index (χ1) is 6.93. The maximum absolute atomic E-state index is 3.43. The molecule has 0 saturated carbocycles. The Kier molecular flexibility index (Phi) is 6.54. The second-order valence-electron chi connectivity index (χ2n) is 3.31. The number of benzene rings is 1. The standard InChI is InChI=1S/C12H19NS/c1-2-3-7-10-13-11-14-12-8-5-4-6-9-12/h4-6,8-9,13H,2-3,7,10-11H2,1H3. The molecule has 0 saturated heterocycles. The third-order valence-electron chi connectivity index (χ3n) is 2.04. The quantitative estimate of drug-likeness (QED) is 0.419. The molecule has 1 rings (SSSR count). The lowest BCUT2D eigenvalue weighted by molar-refractivity contribution is 0.659. The van der Waals surface area contributed by atoms with Crippen molar-refractivity contribution in [3.63, 3.8) is 0 Å². The van der Waals surface area contributed by atoms with E-state index in [1.807, 2.05) is 11.8 Å². The van der Waals surface area contributed by atoms with Gasteiger partial charge in [-0.15, -0.1) is 11.8 Å². The molecular weight excluding hydrogens is 190 g/mol. The van der Waals surface area contributed by atoms with E-state index in [9.17, 15) is 0 Å². The molecule has 0 atom stereocenters. The van der Waals surface area contributed by atoms with Crippen LogP contribution in [0.5, 0.6) is 0 Å². The number of rotatable bonds is 7. The zero-order valence-electron chi connectivity index (χ0n) is 8.83. The highest BCUT2D eigenvalue weighted by Gasteiger charge is 1.91. The van der Waals surface area contributed by atoms with Crippen LogP contribution in [0.4, 0.5) is 0 Å². The van der Waals surface area contributed by atoms with Gasteiger partial charge in [0, 0.05) is 10.8 Å². The molecule has 0 heterocycles. The van der Waals surface area contributed by atoms with Gasteiger partial charge in [-0.1, -0.05) is 38.0 Å². The topological polar surface area (TPSA) is 12.0 Å². The van der Waals surface area contributed by atoms with Gasteiger partial charge >= 0.3 is 0 Å². The van der Waals surface area contributed by atoms with Crippen LogP contribution in [0.2, 0.25) is 0 Å². The second kappa shape index (κ2) is 7.89. The lowest BCUT2D eigenvalue weighted by atomic mass is 10.2. The Hall–Kier alpha value is -0.470. The van der Waals surface area contributed by atoms with Crippen molar-refractivity contribution in [2.45, 2.75) is 31.1 Å². The van der Waals surface area contributed by atoms with Gasteiger partial charge in [-0.2, -0.15) is 0 Å². The number of thioether (sulfide) groups is 1. The number of hydrogen-bond donors (Lipinski definition) is 1. The highest BCUT2D eigenvalue weighted by molar-refractivity contribution is 7.99. The van der Waals surface area contributed by atoms with Crippen LogP contribution in [-0.2, 0) is 0 Å². The summed E-state index contributed by atoms with van der Waals surface area (Å²) < 4.78 is 0. The van der Waals surface area contributed by atoms with Gasteiger partial charge in [0.2, 0.25) is 0 Å². The van der Waals surface area contributed by atoms with Crippen LogP contribution >= 0.6 is 11.8 Å². The van der Waals surface area contributed by atoms with Crippen molar-refractivity contribution < 1.29 is 0 Å². The van der Waals surface area contributed by atoms with Crippen LogP contribution in [-0.4, -0.2) is 12.4 Å². The Balaban J connectivity index is 1.99. The third kappa shape index (κ3) is 5.30. The predicted octanol–water partition coefficient (Wildman–Crippen LogP) is 3.52. The summed E-state index contributed by atoms with van der Waals surface area (Å²) in [5, 5.41) is 3.43. The molecule has 1 aromatic rings. The van der Waals surface area contributed by atoms with Crippen molar-refractivity contribution in [1.82, 2.24) is 5.32 Å². The lowest BCUT2D eigenvalue weighted by Crippen LogP contribution is -2.13. The highest BCUT2D eigenvalue weighted by atomic mass is 32.2. The van der Waals surface area contributed by atoms with Crippen molar-refractivity contribution in [3.05, 3.63) is 30.3 Å². The van der Waals surface area contributed by atoms with Crippen molar-refractivity contribution in [1.29, 1.82) is 0 Å². The Morgan fingerprint density at radius 3 is 2.64 bits per heavy atom. The van der Waals surface area contributed by atoms with E-state index in [4.69, 9.17) is 0 Å². The van der Waals surface area contributed by atoms with Gasteiger partial charge in [0.05, 0.1) is 0 Å². The minimum atomic E-state index is 1.02. The molecule has 0 aromatic heterocycles. The molecule has 0 spiro atoms. The molecular formula is C12H19NS. The van der Waals surface area contributed by atoms with Gasteiger partial charge in [-0.3, -0.25) is 0 Å². The molecule has 2 heteroatoms. The Morgan fingerprint density at radius 2 is 1.93 bits per heavy atom. The lowest BCUT2D eigenvalue weighted by Gasteiger charge is -2.03. The van der Waals surface area contributed by atoms with E-state index in [0.717, 1.165) is 12.4 Å². The zero-order chi connectivity index (χ0) is 10.1. The van der Waals surface area contributed by atoms with Gasteiger partial charge in [-0.25, -0.2) is 0 Å². The normalized spacial score (nSPS) is 10.4. The fourth-order valence-corrected chi connectivity index (χ4v) is 1.99. The molecule has 14 heavy (non-hydrogen) atoms. The Bertz CT molecular complexity index is 223. The molecule has 0 fully saturated rings. The van der Waals surface area contributed by atoms with Gasteiger partial charge in [0.1, 0.15) is 0 Å². The van der Waals surface area contributed by atoms with E-state index in [1.165, 1.54) is 24.2 Å². The summed E-state index contributed by atoms with van der Waals surface area (Å²) in [7, 11) is 0. The van der Waals surface area contributed by atoms with Gasteiger partial charge in [-0.05, 0) is 25.1 Å². The van der Waals surface area contributed by atoms with Crippen LogP contribution < -0.4 is 5.32 Å². The van der Waals surface area contributed by atoms with E-state index >= 15 is 0 Å². The summed E-state index contributed by atoms with van der Waals surface area (Å²) in [6, 6.07) is 10.5. The Labute approximate surface area is 91.3 Å². The third-order valence-corrected chi connectivity index (χ3v) is 3.00. The average Bonchev–Trinajstić information content (AvgIpc) is 2.25. The first-order valence-corrected chi connectivity index (χ1v) is 6.30. The maximum atomic E-state index is 3.43. The SMILES string of the molecule is CCCCCNCSc1ccccc1. The second-order valence-corrected chi connectivity index (χ2v) is 4.36. The van der Waals surface area contributed by atoms with Gasteiger partial charge < -0.3 is 5.32 Å². The average molecular weight is 209 g/mol. The summed E-state index contributed by atoms with van der Waals surface area (Å²) >= 11 is 1.87. The molecule has 0 aliphatic heterocycles. The summed E-state index contributed by atoms with van der Waals surface area (Å²) in [5.74, 6) is 1.02. The summed E-state index contributed by atoms with van der Waals surface area (Å²) in [5.41, 5.74) is 0. The molecule has 0 bridgehead atoms. The molecule has 0 aliphatic carbocycles. The molecule has 1 N–H and O–H groups in total. The molecule has 78 valence electrons. The fourth-order valence-electron chi connectivity index (χ4n) is 1.22. The molecule has 1 nitrogen and oxygen atoms in total. The molecule has 0 amide bonds. The van der Waals surface area contributed by atoms with Gasteiger partial charge in [0.25, 0.3) is 0 Å². The molecule has 0 aliphatic rings. The first kappa shape index (κ1) is 11.6. The minimum absolute atomic E-state index is 1.02. The summed E-state index contributed by atoms with van der Waals surface area (Å²) in [4.78, 5) is 1.34. The summed E-state index contributed by atoms with van der Waals surface area (Å²) in [6.07, 6.45) is 3.93. The van der Waals surface area contributed by atoms with Crippen LogP contribution in [0, 0.1) is 0 Å². The van der Waals surface area contributed by atoms with Crippen molar-refractivity contribution in [2.75, 3.05) is 12.4 Å².